The van der Waals surface area contributed by atoms with Crippen LogP contribution >= 0.6 is 0 Å². The Morgan fingerprint density at radius 1 is 0.457 bits per heavy atom. The van der Waals surface area contributed by atoms with Crippen LogP contribution in [-0.4, -0.2) is 22.2 Å². The molecule has 3 aliphatic carbocycles. The summed E-state index contributed by atoms with van der Waals surface area (Å²) in [6, 6.07) is 0. The van der Waals surface area contributed by atoms with Crippen LogP contribution in [0.4, 0.5) is 0 Å². The number of carboxylic acid groups (broad SMARTS) is 2. The van der Waals surface area contributed by atoms with Crippen molar-refractivity contribution in [1.29, 1.82) is 0 Å². The molecule has 0 saturated heterocycles. The second-order valence-corrected chi connectivity index (χ2v) is 14.4. The number of allylic oxidation sites excluding steroid dienone is 10. The van der Waals surface area contributed by atoms with Gasteiger partial charge in [0.15, 0.2) is 0 Å². The van der Waals surface area contributed by atoms with Gasteiger partial charge < -0.3 is 10.2 Å². The number of hydrogen-bond acceptors (Lipinski definition) is 2. The van der Waals surface area contributed by atoms with E-state index in [0.717, 1.165) is 38.5 Å². The van der Waals surface area contributed by atoms with Crippen molar-refractivity contribution in [3.8, 4) is 0 Å². The smallest absolute Gasteiger partial charge is 0.303 e. The van der Waals surface area contributed by atoms with Crippen LogP contribution in [0, 0.1) is 16.2 Å². The summed E-state index contributed by atoms with van der Waals surface area (Å²) in [7, 11) is 0. The van der Waals surface area contributed by atoms with E-state index in [0.29, 0.717) is 29.1 Å². The van der Waals surface area contributed by atoms with Crippen molar-refractivity contribution in [2.24, 2.45) is 16.2 Å². The number of carboxylic acids is 2. The average Bonchev–Trinajstić information content (AvgIpc) is 3.94. The highest BCUT2D eigenvalue weighted by atomic mass is 16.4. The van der Waals surface area contributed by atoms with E-state index in [1.54, 1.807) is 0 Å². The molecule has 0 unspecified atom stereocenters. The normalized spacial score (nSPS) is 18.9. The van der Waals surface area contributed by atoms with Crippen molar-refractivity contribution in [2.45, 2.75) is 174 Å². The molecule has 3 saturated carbocycles. The highest BCUT2D eigenvalue weighted by Crippen LogP contribution is 2.54. The molecular weight excluding hydrogens is 568 g/mol. The van der Waals surface area contributed by atoms with E-state index in [-0.39, 0.29) is 0 Å². The lowest BCUT2D eigenvalue weighted by molar-refractivity contribution is -0.138. The first kappa shape index (κ1) is 39.8. The van der Waals surface area contributed by atoms with Crippen LogP contribution in [0.3, 0.4) is 0 Å². The SMILES string of the molecule is CC/C=C\C1(/C=C\C2(/C=C\CCCCCCCC(=O)O)CC2)CC1.CCCCC/C=C\C1(/C=C\CCCCCCCC(=O)O)CC1. The summed E-state index contributed by atoms with van der Waals surface area (Å²) < 4.78 is 0. The van der Waals surface area contributed by atoms with Crippen molar-refractivity contribution in [3.05, 3.63) is 60.8 Å². The minimum atomic E-state index is -0.668. The topological polar surface area (TPSA) is 74.6 Å². The monoisotopic (exact) mass is 637 g/mol. The molecular formula is C42H68O4. The summed E-state index contributed by atoms with van der Waals surface area (Å²) in [5.74, 6) is -1.33. The third-order valence-electron chi connectivity index (χ3n) is 9.76. The molecule has 46 heavy (non-hydrogen) atoms. The number of rotatable bonds is 27. The van der Waals surface area contributed by atoms with Gasteiger partial charge in [0.2, 0.25) is 0 Å². The van der Waals surface area contributed by atoms with Gasteiger partial charge in [0, 0.05) is 29.1 Å². The lowest BCUT2D eigenvalue weighted by Crippen LogP contribution is -1.94. The lowest BCUT2D eigenvalue weighted by Gasteiger charge is -2.07. The fourth-order valence-corrected chi connectivity index (χ4v) is 5.89. The van der Waals surface area contributed by atoms with Crippen LogP contribution in [0.5, 0.6) is 0 Å². The van der Waals surface area contributed by atoms with Gasteiger partial charge in [-0.05, 0) is 96.3 Å². The molecule has 2 N–H and O–H groups in total. The van der Waals surface area contributed by atoms with Gasteiger partial charge in [0.25, 0.3) is 0 Å². The largest absolute Gasteiger partial charge is 0.481 e. The first-order valence-corrected chi connectivity index (χ1v) is 19.1. The number of hydrogen-bond donors (Lipinski definition) is 2. The minimum Gasteiger partial charge on any atom is -0.481 e. The number of carbonyl (C=O) groups is 2. The molecule has 0 aromatic carbocycles. The third kappa shape index (κ3) is 20.0. The molecule has 0 bridgehead atoms. The highest BCUT2D eigenvalue weighted by molar-refractivity contribution is 5.66. The van der Waals surface area contributed by atoms with E-state index in [1.807, 2.05) is 0 Å². The van der Waals surface area contributed by atoms with Gasteiger partial charge in [0.05, 0.1) is 0 Å². The Labute approximate surface area is 282 Å². The van der Waals surface area contributed by atoms with E-state index in [1.165, 1.54) is 109 Å². The minimum absolute atomic E-state index is 0.323. The van der Waals surface area contributed by atoms with Gasteiger partial charge in [-0.25, -0.2) is 0 Å². The molecule has 0 aromatic heterocycles. The van der Waals surface area contributed by atoms with Crippen molar-refractivity contribution in [3.63, 3.8) is 0 Å². The summed E-state index contributed by atoms with van der Waals surface area (Å²) >= 11 is 0. The zero-order valence-corrected chi connectivity index (χ0v) is 29.7. The summed E-state index contributed by atoms with van der Waals surface area (Å²) in [5.41, 5.74) is 1.18. The first-order valence-electron chi connectivity index (χ1n) is 19.1. The predicted molar refractivity (Wildman–Crippen MR) is 195 cm³/mol. The molecule has 0 radical (unpaired) electrons. The molecule has 3 rings (SSSR count). The summed E-state index contributed by atoms with van der Waals surface area (Å²) in [4.78, 5) is 20.8. The van der Waals surface area contributed by atoms with Crippen LogP contribution in [0.25, 0.3) is 0 Å². The lowest BCUT2D eigenvalue weighted by atomic mass is 9.98. The number of aliphatic carboxylic acids is 2. The Bertz CT molecular complexity index is 985. The Balaban J connectivity index is 0.000000322. The van der Waals surface area contributed by atoms with Crippen LogP contribution in [0.1, 0.15) is 174 Å². The van der Waals surface area contributed by atoms with E-state index in [2.05, 4.69) is 74.6 Å². The Morgan fingerprint density at radius 2 is 0.783 bits per heavy atom. The maximum atomic E-state index is 10.4. The molecule has 0 aliphatic heterocycles. The van der Waals surface area contributed by atoms with Crippen LogP contribution in [0.15, 0.2) is 60.8 Å². The molecule has 0 atom stereocenters. The molecule has 3 fully saturated rings. The Kier molecular flexibility index (Phi) is 19.9. The van der Waals surface area contributed by atoms with Crippen LogP contribution in [0.2, 0.25) is 0 Å². The highest BCUT2D eigenvalue weighted by Gasteiger charge is 2.41. The molecule has 260 valence electrons. The van der Waals surface area contributed by atoms with Gasteiger partial charge in [-0.3, -0.25) is 9.59 Å². The average molecular weight is 637 g/mol. The predicted octanol–water partition coefficient (Wildman–Crippen LogP) is 12.7. The van der Waals surface area contributed by atoms with Crippen molar-refractivity contribution >= 4 is 11.9 Å². The number of unbranched alkanes of at least 4 members (excludes halogenated alkanes) is 13. The molecule has 0 spiro atoms. The summed E-state index contributed by atoms with van der Waals surface area (Å²) in [6.07, 6.45) is 52.3. The molecule has 0 heterocycles. The second kappa shape index (κ2) is 23.0. The zero-order valence-electron chi connectivity index (χ0n) is 29.7. The molecule has 0 amide bonds. The van der Waals surface area contributed by atoms with Gasteiger partial charge in [-0.2, -0.15) is 0 Å². The zero-order chi connectivity index (χ0) is 33.4. The van der Waals surface area contributed by atoms with Gasteiger partial charge in [-0.15, -0.1) is 0 Å². The molecule has 3 aliphatic rings. The third-order valence-corrected chi connectivity index (χ3v) is 9.76. The molecule has 4 heteroatoms. The Hall–Kier alpha value is -2.36. The van der Waals surface area contributed by atoms with Crippen molar-refractivity contribution in [2.75, 3.05) is 0 Å². The fourth-order valence-electron chi connectivity index (χ4n) is 5.89. The molecule has 4 nitrogen and oxygen atoms in total. The maximum Gasteiger partial charge on any atom is 0.303 e. The Morgan fingerprint density at radius 3 is 1.13 bits per heavy atom. The van der Waals surface area contributed by atoms with Gasteiger partial charge in [0.1, 0.15) is 0 Å². The maximum absolute atomic E-state index is 10.4. The quantitative estimate of drug-likeness (QED) is 0.0695. The van der Waals surface area contributed by atoms with Crippen LogP contribution in [-0.2, 0) is 9.59 Å². The fraction of sp³-hybridized carbons (Fsp3) is 0.714. The summed E-state index contributed by atoms with van der Waals surface area (Å²) in [6.45, 7) is 4.45. The van der Waals surface area contributed by atoms with E-state index in [4.69, 9.17) is 10.2 Å². The van der Waals surface area contributed by atoms with Crippen molar-refractivity contribution in [1.82, 2.24) is 0 Å². The second-order valence-electron chi connectivity index (χ2n) is 14.4. The van der Waals surface area contributed by atoms with Gasteiger partial charge >= 0.3 is 11.9 Å². The summed E-state index contributed by atoms with van der Waals surface area (Å²) in [5, 5.41) is 17.1. The van der Waals surface area contributed by atoms with E-state index >= 15 is 0 Å². The van der Waals surface area contributed by atoms with Gasteiger partial charge in [-0.1, -0.05) is 126 Å². The standard InChI is InChI=1S/C22H34O2.C20H34O2/c1-2-3-12-21(14-15-21)16-17-22(18-19-22)13-10-8-6-4-5-7-9-11-20(23)24;1-2-3-4-9-12-15-20(17-18-20)16-13-10-7-5-6-8-11-14-19(21)22/h3,10,12-13,16-17H,2,4-9,11,14-15,18-19H2,1H3,(H,23,24);12-13,15-16H,2-11,14,17-18H2,1H3,(H,21,22)/b12-3-,13-10-,17-16-;15-12-,16-13-. The van der Waals surface area contributed by atoms with Crippen molar-refractivity contribution < 1.29 is 19.8 Å². The first-order chi connectivity index (χ1) is 22.3. The van der Waals surface area contributed by atoms with E-state index < -0.39 is 11.9 Å². The van der Waals surface area contributed by atoms with Crippen LogP contribution < -0.4 is 0 Å². The van der Waals surface area contributed by atoms with E-state index in [9.17, 15) is 9.59 Å². The molecule has 0 aromatic rings.